The fourth-order valence-electron chi connectivity index (χ4n) is 0.912. The van der Waals surface area contributed by atoms with E-state index in [1.54, 1.807) is 4.90 Å². The molecule has 1 aliphatic heterocycles. The van der Waals surface area contributed by atoms with Crippen LogP contribution in [0.15, 0.2) is 0 Å². The number of amides is 2. The summed E-state index contributed by atoms with van der Waals surface area (Å²) in [4.78, 5) is 12.8. The smallest absolute Gasteiger partial charge is 0.319 e. The summed E-state index contributed by atoms with van der Waals surface area (Å²) < 4.78 is 5.02. The normalized spacial score (nSPS) is 17.5. The summed E-state index contributed by atoms with van der Waals surface area (Å²) in [5.41, 5.74) is 0. The molecule has 4 heteroatoms. The molecule has 4 nitrogen and oxygen atoms in total. The van der Waals surface area contributed by atoms with E-state index >= 15 is 0 Å². The lowest BCUT2D eigenvalue weighted by molar-refractivity contribution is 0.143. The summed E-state index contributed by atoms with van der Waals surface area (Å²) in [6.45, 7) is 5.67. The van der Waals surface area contributed by atoms with Gasteiger partial charge in [0.2, 0.25) is 0 Å². The van der Waals surface area contributed by atoms with Crippen molar-refractivity contribution in [1.82, 2.24) is 10.2 Å². The molecule has 1 rings (SSSR count). The Labute approximate surface area is 66.5 Å². The van der Waals surface area contributed by atoms with Crippen LogP contribution in [0.2, 0.25) is 0 Å². The lowest BCUT2D eigenvalue weighted by atomic mass is 10.4. The van der Waals surface area contributed by atoms with Gasteiger partial charge in [-0.2, -0.15) is 0 Å². The van der Waals surface area contributed by atoms with Gasteiger partial charge < -0.3 is 10.1 Å². The van der Waals surface area contributed by atoms with Gasteiger partial charge in [-0.05, 0) is 13.8 Å². The van der Waals surface area contributed by atoms with Gasteiger partial charge in [-0.1, -0.05) is 0 Å². The van der Waals surface area contributed by atoms with E-state index in [0.29, 0.717) is 19.9 Å². The summed E-state index contributed by atoms with van der Waals surface area (Å²) in [7, 11) is 0. The van der Waals surface area contributed by atoms with Crippen LogP contribution in [0.4, 0.5) is 4.79 Å². The highest BCUT2D eigenvalue weighted by Gasteiger charge is 2.18. The quantitative estimate of drug-likeness (QED) is 0.600. The molecule has 0 aromatic rings. The van der Waals surface area contributed by atoms with Gasteiger partial charge in [-0.25, -0.2) is 4.79 Å². The van der Waals surface area contributed by atoms with Gasteiger partial charge in [0, 0.05) is 12.6 Å². The molecule has 1 aliphatic rings. The van der Waals surface area contributed by atoms with Gasteiger partial charge >= 0.3 is 6.03 Å². The van der Waals surface area contributed by atoms with Crippen molar-refractivity contribution in [2.75, 3.05) is 19.9 Å². The lowest BCUT2D eigenvalue weighted by Crippen LogP contribution is -2.41. The monoisotopic (exact) mass is 158 g/mol. The van der Waals surface area contributed by atoms with E-state index in [1.807, 2.05) is 13.8 Å². The molecule has 0 aromatic carbocycles. The number of rotatable bonds is 1. The first-order valence-electron chi connectivity index (χ1n) is 3.83. The average Bonchev–Trinajstić information content (AvgIpc) is 2.35. The summed E-state index contributed by atoms with van der Waals surface area (Å²) in [5, 5.41) is 2.79. The van der Waals surface area contributed by atoms with Crippen molar-refractivity contribution in [3.8, 4) is 0 Å². The summed E-state index contributed by atoms with van der Waals surface area (Å²) >= 11 is 0. The zero-order chi connectivity index (χ0) is 8.27. The maximum atomic E-state index is 11.2. The minimum absolute atomic E-state index is 0.0301. The Morgan fingerprint density at radius 3 is 2.82 bits per heavy atom. The molecule has 0 atom stereocenters. The van der Waals surface area contributed by atoms with Crippen LogP contribution in [-0.4, -0.2) is 36.9 Å². The predicted octanol–water partition coefficient (Wildman–Crippen LogP) is 0.394. The van der Waals surface area contributed by atoms with Crippen LogP contribution in [0.5, 0.6) is 0 Å². The van der Waals surface area contributed by atoms with Crippen molar-refractivity contribution in [3.63, 3.8) is 0 Å². The molecule has 0 spiro atoms. The van der Waals surface area contributed by atoms with E-state index < -0.39 is 0 Å². The fourth-order valence-corrected chi connectivity index (χ4v) is 0.912. The second-order valence-corrected chi connectivity index (χ2v) is 2.90. The van der Waals surface area contributed by atoms with Gasteiger partial charge in [0.05, 0.1) is 6.61 Å². The topological polar surface area (TPSA) is 41.6 Å². The number of nitrogens with one attached hydrogen (secondary N) is 1. The first kappa shape index (κ1) is 8.33. The molecular formula is C7H14N2O2. The largest absolute Gasteiger partial charge is 0.359 e. The summed E-state index contributed by atoms with van der Waals surface area (Å²) in [6.07, 6.45) is 0. The highest BCUT2D eigenvalue weighted by atomic mass is 16.5. The van der Waals surface area contributed by atoms with Gasteiger partial charge in [0.15, 0.2) is 0 Å². The lowest BCUT2D eigenvalue weighted by Gasteiger charge is -2.16. The first-order valence-corrected chi connectivity index (χ1v) is 3.83. The molecule has 1 fully saturated rings. The van der Waals surface area contributed by atoms with Crippen LogP contribution in [0, 0.1) is 0 Å². The second kappa shape index (κ2) is 3.57. The minimum atomic E-state index is -0.0301. The molecule has 0 aliphatic carbocycles. The van der Waals surface area contributed by atoms with E-state index in [1.165, 1.54) is 0 Å². The van der Waals surface area contributed by atoms with E-state index in [2.05, 4.69) is 5.32 Å². The number of carbonyl (C=O) groups excluding carboxylic acids is 1. The number of hydrogen-bond acceptors (Lipinski definition) is 2. The second-order valence-electron chi connectivity index (χ2n) is 2.90. The molecule has 0 aromatic heterocycles. The standard InChI is InChI=1S/C7H14N2O2/c1-6(2)8-7(10)9-3-4-11-5-9/h6H,3-5H2,1-2H3,(H,8,10). The SMILES string of the molecule is CC(C)NC(=O)N1CCOC1. The highest BCUT2D eigenvalue weighted by Crippen LogP contribution is 1.98. The van der Waals surface area contributed by atoms with Crippen molar-refractivity contribution >= 4 is 6.03 Å². The number of urea groups is 1. The number of nitrogens with zero attached hydrogens (tertiary/aromatic N) is 1. The Kier molecular flexibility index (Phi) is 2.70. The van der Waals surface area contributed by atoms with Crippen LogP contribution < -0.4 is 5.32 Å². The van der Waals surface area contributed by atoms with Crippen molar-refractivity contribution < 1.29 is 9.53 Å². The van der Waals surface area contributed by atoms with Crippen LogP contribution in [0.25, 0.3) is 0 Å². The molecule has 0 unspecified atom stereocenters. The highest BCUT2D eigenvalue weighted by molar-refractivity contribution is 5.74. The minimum Gasteiger partial charge on any atom is -0.359 e. The predicted molar refractivity (Wildman–Crippen MR) is 41.2 cm³/mol. The molecule has 11 heavy (non-hydrogen) atoms. The molecule has 1 heterocycles. The summed E-state index contributed by atoms with van der Waals surface area (Å²) in [6, 6.07) is 0.167. The Morgan fingerprint density at radius 1 is 1.64 bits per heavy atom. The van der Waals surface area contributed by atoms with E-state index in [-0.39, 0.29) is 12.1 Å². The average molecular weight is 158 g/mol. The van der Waals surface area contributed by atoms with Gasteiger partial charge in [0.25, 0.3) is 0 Å². The first-order chi connectivity index (χ1) is 5.20. The van der Waals surface area contributed by atoms with E-state index in [0.717, 1.165) is 0 Å². The third kappa shape index (κ3) is 2.38. The number of hydrogen-bond donors (Lipinski definition) is 1. The molecule has 2 amide bonds. The van der Waals surface area contributed by atoms with Crippen LogP contribution in [-0.2, 0) is 4.74 Å². The van der Waals surface area contributed by atoms with Crippen LogP contribution in [0.1, 0.15) is 13.8 Å². The van der Waals surface area contributed by atoms with Crippen molar-refractivity contribution in [1.29, 1.82) is 0 Å². The maximum Gasteiger partial charge on any atom is 0.319 e. The maximum absolute atomic E-state index is 11.2. The molecule has 0 bridgehead atoms. The third-order valence-electron chi connectivity index (χ3n) is 1.45. The summed E-state index contributed by atoms with van der Waals surface area (Å²) in [5.74, 6) is 0. The molecular weight excluding hydrogens is 144 g/mol. The number of ether oxygens (including phenoxy) is 1. The fraction of sp³-hybridized carbons (Fsp3) is 0.857. The van der Waals surface area contributed by atoms with E-state index in [4.69, 9.17) is 4.74 Å². The number of carbonyl (C=O) groups is 1. The van der Waals surface area contributed by atoms with Gasteiger partial charge in [-0.15, -0.1) is 0 Å². The Hall–Kier alpha value is -0.770. The van der Waals surface area contributed by atoms with Crippen molar-refractivity contribution in [2.45, 2.75) is 19.9 Å². The molecule has 1 N–H and O–H groups in total. The van der Waals surface area contributed by atoms with Crippen molar-refractivity contribution in [2.24, 2.45) is 0 Å². The van der Waals surface area contributed by atoms with E-state index in [9.17, 15) is 4.79 Å². The molecule has 64 valence electrons. The Balaban J connectivity index is 2.28. The molecule has 0 radical (unpaired) electrons. The Bertz CT molecular complexity index is 141. The zero-order valence-electron chi connectivity index (χ0n) is 6.96. The Morgan fingerprint density at radius 2 is 2.36 bits per heavy atom. The van der Waals surface area contributed by atoms with Crippen LogP contribution >= 0.6 is 0 Å². The van der Waals surface area contributed by atoms with Crippen LogP contribution in [0.3, 0.4) is 0 Å². The molecule has 0 saturated carbocycles. The zero-order valence-corrected chi connectivity index (χ0v) is 6.96. The molecule has 1 saturated heterocycles. The third-order valence-corrected chi connectivity index (χ3v) is 1.45. The van der Waals surface area contributed by atoms with Gasteiger partial charge in [0.1, 0.15) is 6.73 Å². The van der Waals surface area contributed by atoms with Crippen molar-refractivity contribution in [3.05, 3.63) is 0 Å². The van der Waals surface area contributed by atoms with Gasteiger partial charge in [-0.3, -0.25) is 4.90 Å².